The molecular formula is C12H15N3O2. The van der Waals surface area contributed by atoms with Gasteiger partial charge in [-0.3, -0.25) is 4.90 Å². The van der Waals surface area contributed by atoms with Crippen LogP contribution in [0.5, 0.6) is 0 Å². The van der Waals surface area contributed by atoms with Crippen LogP contribution in [-0.4, -0.2) is 29.2 Å². The SMILES string of the molecule is NC1CCN(Cc2cc(-c3ccco3)on2)C1. The molecule has 3 heterocycles. The highest BCUT2D eigenvalue weighted by Crippen LogP contribution is 2.21. The van der Waals surface area contributed by atoms with E-state index in [2.05, 4.69) is 10.1 Å². The maximum Gasteiger partial charge on any atom is 0.202 e. The molecule has 0 aromatic carbocycles. The third-order valence-electron chi connectivity index (χ3n) is 3.02. The Morgan fingerprint density at radius 3 is 3.12 bits per heavy atom. The van der Waals surface area contributed by atoms with Crippen LogP contribution in [0, 0.1) is 0 Å². The lowest BCUT2D eigenvalue weighted by molar-refractivity contribution is 0.310. The van der Waals surface area contributed by atoms with Gasteiger partial charge in [-0.2, -0.15) is 0 Å². The minimum atomic E-state index is 0.298. The second-order valence-electron chi connectivity index (χ2n) is 4.44. The third-order valence-corrected chi connectivity index (χ3v) is 3.02. The largest absolute Gasteiger partial charge is 0.461 e. The molecule has 0 radical (unpaired) electrons. The Morgan fingerprint density at radius 2 is 2.41 bits per heavy atom. The fourth-order valence-corrected chi connectivity index (χ4v) is 2.16. The summed E-state index contributed by atoms with van der Waals surface area (Å²) in [6.07, 6.45) is 2.68. The van der Waals surface area contributed by atoms with Gasteiger partial charge >= 0.3 is 0 Å². The van der Waals surface area contributed by atoms with Crippen molar-refractivity contribution >= 4 is 0 Å². The Hall–Kier alpha value is -1.59. The predicted octanol–water partition coefficient (Wildman–Crippen LogP) is 1.47. The maximum absolute atomic E-state index is 5.86. The average Bonchev–Trinajstić information content (AvgIpc) is 3.00. The smallest absolute Gasteiger partial charge is 0.202 e. The second kappa shape index (κ2) is 4.35. The van der Waals surface area contributed by atoms with Gasteiger partial charge in [-0.25, -0.2) is 0 Å². The van der Waals surface area contributed by atoms with E-state index in [1.807, 2.05) is 18.2 Å². The lowest BCUT2D eigenvalue weighted by atomic mass is 10.3. The Kier molecular flexibility index (Phi) is 2.70. The number of hydrogen-bond acceptors (Lipinski definition) is 5. The topological polar surface area (TPSA) is 68.4 Å². The highest BCUT2D eigenvalue weighted by atomic mass is 16.5. The molecule has 2 aromatic heterocycles. The summed E-state index contributed by atoms with van der Waals surface area (Å²) in [6.45, 7) is 2.75. The van der Waals surface area contributed by atoms with Crippen LogP contribution < -0.4 is 5.73 Å². The number of hydrogen-bond donors (Lipinski definition) is 1. The molecule has 2 N–H and O–H groups in total. The van der Waals surface area contributed by atoms with E-state index < -0.39 is 0 Å². The van der Waals surface area contributed by atoms with Crippen LogP contribution >= 0.6 is 0 Å². The van der Waals surface area contributed by atoms with Crippen LogP contribution in [0.4, 0.5) is 0 Å². The Bertz CT molecular complexity index is 478. The van der Waals surface area contributed by atoms with Gasteiger partial charge in [0.1, 0.15) is 0 Å². The van der Waals surface area contributed by atoms with Gasteiger partial charge in [0.25, 0.3) is 0 Å². The molecule has 5 nitrogen and oxygen atoms in total. The monoisotopic (exact) mass is 233 g/mol. The molecule has 3 rings (SSSR count). The summed E-state index contributed by atoms with van der Waals surface area (Å²) in [5.74, 6) is 1.38. The molecule has 17 heavy (non-hydrogen) atoms. The summed E-state index contributed by atoms with van der Waals surface area (Å²) < 4.78 is 10.5. The molecule has 0 aliphatic carbocycles. The zero-order chi connectivity index (χ0) is 11.7. The van der Waals surface area contributed by atoms with Gasteiger partial charge in [-0.05, 0) is 18.6 Å². The fraction of sp³-hybridized carbons (Fsp3) is 0.417. The van der Waals surface area contributed by atoms with Crippen molar-refractivity contribution in [2.45, 2.75) is 19.0 Å². The maximum atomic E-state index is 5.86. The van der Waals surface area contributed by atoms with Crippen molar-refractivity contribution in [2.75, 3.05) is 13.1 Å². The number of furan rings is 1. The summed E-state index contributed by atoms with van der Waals surface area (Å²) in [6, 6.07) is 5.90. The summed E-state index contributed by atoms with van der Waals surface area (Å²) >= 11 is 0. The van der Waals surface area contributed by atoms with E-state index in [0.29, 0.717) is 17.6 Å². The highest BCUT2D eigenvalue weighted by Gasteiger charge is 2.20. The molecule has 0 bridgehead atoms. The van der Waals surface area contributed by atoms with Crippen molar-refractivity contribution in [3.8, 4) is 11.5 Å². The minimum Gasteiger partial charge on any atom is -0.461 e. The van der Waals surface area contributed by atoms with Gasteiger partial charge < -0.3 is 14.7 Å². The average molecular weight is 233 g/mol. The number of nitrogens with zero attached hydrogens (tertiary/aromatic N) is 2. The first-order valence-electron chi connectivity index (χ1n) is 5.78. The van der Waals surface area contributed by atoms with Gasteiger partial charge in [0, 0.05) is 31.7 Å². The minimum absolute atomic E-state index is 0.298. The third kappa shape index (κ3) is 2.25. The van der Waals surface area contributed by atoms with Gasteiger partial charge in [0.15, 0.2) is 5.76 Å². The Morgan fingerprint density at radius 1 is 1.47 bits per heavy atom. The molecule has 1 atom stereocenters. The quantitative estimate of drug-likeness (QED) is 0.869. The van der Waals surface area contributed by atoms with Crippen LogP contribution in [-0.2, 0) is 6.54 Å². The molecule has 1 aliphatic heterocycles. The molecule has 1 fully saturated rings. The summed E-state index contributed by atoms with van der Waals surface area (Å²) in [7, 11) is 0. The zero-order valence-electron chi connectivity index (χ0n) is 9.50. The van der Waals surface area contributed by atoms with Crippen molar-refractivity contribution in [2.24, 2.45) is 5.73 Å². The van der Waals surface area contributed by atoms with Crippen LogP contribution in [0.2, 0.25) is 0 Å². The van der Waals surface area contributed by atoms with E-state index >= 15 is 0 Å². The molecule has 1 saturated heterocycles. The lowest BCUT2D eigenvalue weighted by Gasteiger charge is -2.11. The van der Waals surface area contributed by atoms with Crippen LogP contribution in [0.1, 0.15) is 12.1 Å². The van der Waals surface area contributed by atoms with Crippen LogP contribution in [0.15, 0.2) is 33.4 Å². The fourth-order valence-electron chi connectivity index (χ4n) is 2.16. The first-order valence-corrected chi connectivity index (χ1v) is 5.78. The van der Waals surface area contributed by atoms with E-state index in [0.717, 1.165) is 31.7 Å². The van der Waals surface area contributed by atoms with Crippen molar-refractivity contribution in [1.82, 2.24) is 10.1 Å². The van der Waals surface area contributed by atoms with E-state index in [1.54, 1.807) is 6.26 Å². The number of aromatic nitrogens is 1. The Balaban J connectivity index is 1.69. The molecule has 2 aromatic rings. The zero-order valence-corrected chi connectivity index (χ0v) is 9.50. The molecule has 1 aliphatic rings. The van der Waals surface area contributed by atoms with Gasteiger partial charge in [0.2, 0.25) is 5.76 Å². The first kappa shape index (κ1) is 10.6. The van der Waals surface area contributed by atoms with Gasteiger partial charge in [-0.15, -0.1) is 0 Å². The first-order chi connectivity index (χ1) is 8.31. The number of rotatable bonds is 3. The molecule has 1 unspecified atom stereocenters. The predicted molar refractivity (Wildman–Crippen MR) is 62.1 cm³/mol. The number of likely N-dealkylation sites (tertiary alicyclic amines) is 1. The van der Waals surface area contributed by atoms with Gasteiger partial charge in [-0.1, -0.05) is 5.16 Å². The normalized spacial score (nSPS) is 21.1. The molecule has 0 saturated carbocycles. The summed E-state index contributed by atoms with van der Waals surface area (Å²) in [5, 5.41) is 4.04. The molecule has 0 spiro atoms. The van der Waals surface area contributed by atoms with E-state index in [9.17, 15) is 0 Å². The van der Waals surface area contributed by atoms with Crippen molar-refractivity contribution in [1.29, 1.82) is 0 Å². The van der Waals surface area contributed by atoms with E-state index in [1.165, 1.54) is 0 Å². The lowest BCUT2D eigenvalue weighted by Crippen LogP contribution is -2.26. The molecule has 0 amide bonds. The van der Waals surface area contributed by atoms with Crippen LogP contribution in [0.3, 0.4) is 0 Å². The standard InChI is InChI=1S/C12H15N3O2/c13-9-3-4-15(7-9)8-10-6-12(17-14-10)11-2-1-5-16-11/h1-2,5-6,9H,3-4,7-8,13H2. The number of nitrogens with two attached hydrogens (primary N) is 1. The van der Waals surface area contributed by atoms with Crippen molar-refractivity contribution in [3.05, 3.63) is 30.2 Å². The molecule has 90 valence electrons. The summed E-state index contributed by atoms with van der Waals surface area (Å²) in [5.41, 5.74) is 6.78. The highest BCUT2D eigenvalue weighted by molar-refractivity contribution is 5.49. The van der Waals surface area contributed by atoms with Gasteiger partial charge in [0.05, 0.1) is 12.0 Å². The molecule has 5 heteroatoms. The van der Waals surface area contributed by atoms with E-state index in [-0.39, 0.29) is 0 Å². The molecular weight excluding hydrogens is 218 g/mol. The second-order valence-corrected chi connectivity index (χ2v) is 4.44. The Labute approximate surface area is 99.2 Å². The van der Waals surface area contributed by atoms with Crippen molar-refractivity contribution < 1.29 is 8.94 Å². The van der Waals surface area contributed by atoms with Crippen LogP contribution in [0.25, 0.3) is 11.5 Å². The van der Waals surface area contributed by atoms with E-state index in [4.69, 9.17) is 14.7 Å². The van der Waals surface area contributed by atoms with Crippen molar-refractivity contribution in [3.63, 3.8) is 0 Å². The summed E-state index contributed by atoms with van der Waals surface area (Å²) in [4.78, 5) is 2.29.